The highest BCUT2D eigenvalue weighted by Gasteiger charge is 2.05. The molecule has 1 amide bonds. The molecule has 0 atom stereocenters. The lowest BCUT2D eigenvalue weighted by atomic mass is 10.1. The van der Waals surface area contributed by atoms with Crippen LogP contribution in [0, 0.1) is 5.82 Å². The van der Waals surface area contributed by atoms with E-state index in [1.54, 1.807) is 30.0 Å². The maximum absolute atomic E-state index is 12.9. The van der Waals surface area contributed by atoms with Crippen LogP contribution in [-0.4, -0.2) is 37.3 Å². The van der Waals surface area contributed by atoms with Crippen molar-refractivity contribution in [3.63, 3.8) is 0 Å². The molecule has 0 saturated carbocycles. The summed E-state index contributed by atoms with van der Waals surface area (Å²) in [5.74, 6) is 1.41. The maximum Gasteiger partial charge on any atom is 0.251 e. The zero-order valence-electron chi connectivity index (χ0n) is 17.4. The van der Waals surface area contributed by atoms with E-state index in [1.165, 1.54) is 12.1 Å². The number of hydrogen-bond acceptors (Lipinski definition) is 3. The lowest BCUT2D eigenvalue weighted by Gasteiger charge is -2.11. The third kappa shape index (κ3) is 9.80. The van der Waals surface area contributed by atoms with Crippen LogP contribution in [0.15, 0.2) is 58.4 Å². The Kier molecular flexibility index (Phi) is 13.2. The largest absolute Gasteiger partial charge is 0.357 e. The number of guanidine groups is 1. The molecule has 0 aromatic heterocycles. The van der Waals surface area contributed by atoms with Crippen molar-refractivity contribution in [1.29, 1.82) is 0 Å². The van der Waals surface area contributed by atoms with Crippen LogP contribution in [0.1, 0.15) is 36.2 Å². The number of hydrogen-bond donors (Lipinski definition) is 3. The van der Waals surface area contributed by atoms with E-state index in [2.05, 4.69) is 20.9 Å². The normalized spacial score (nSPS) is 10.8. The van der Waals surface area contributed by atoms with E-state index in [0.29, 0.717) is 18.7 Å². The van der Waals surface area contributed by atoms with Crippen molar-refractivity contribution in [2.24, 2.45) is 4.99 Å². The molecule has 2 rings (SSSR count). The van der Waals surface area contributed by atoms with E-state index in [4.69, 9.17) is 0 Å². The Morgan fingerprint density at radius 3 is 2.47 bits per heavy atom. The van der Waals surface area contributed by atoms with Crippen molar-refractivity contribution >= 4 is 47.6 Å². The Hall–Kier alpha value is -1.81. The summed E-state index contributed by atoms with van der Waals surface area (Å²) in [6.07, 6.45) is 0.957. The van der Waals surface area contributed by atoms with Gasteiger partial charge in [0, 0.05) is 30.1 Å². The predicted octanol–water partition coefficient (Wildman–Crippen LogP) is 4.43. The fraction of sp³-hybridized carbons (Fsp3) is 0.364. The van der Waals surface area contributed by atoms with Gasteiger partial charge in [-0.2, -0.15) is 0 Å². The lowest BCUT2D eigenvalue weighted by molar-refractivity contribution is 0.0955. The number of halogens is 2. The average molecular weight is 544 g/mol. The van der Waals surface area contributed by atoms with Gasteiger partial charge in [0.25, 0.3) is 5.91 Å². The van der Waals surface area contributed by atoms with E-state index >= 15 is 0 Å². The van der Waals surface area contributed by atoms with Crippen molar-refractivity contribution < 1.29 is 9.18 Å². The van der Waals surface area contributed by atoms with Gasteiger partial charge in [-0.3, -0.25) is 4.79 Å². The SMILES string of the molecule is CCNC(=O)c1cccc(CN=C(NCC)NCCCSc2ccc(F)cc2)c1.I. The zero-order chi connectivity index (χ0) is 20.9. The second-order valence-electron chi connectivity index (χ2n) is 6.34. The number of thioether (sulfide) groups is 1. The molecule has 0 aliphatic carbocycles. The van der Waals surface area contributed by atoms with Crippen LogP contribution >= 0.6 is 35.7 Å². The minimum Gasteiger partial charge on any atom is -0.357 e. The van der Waals surface area contributed by atoms with Gasteiger partial charge in [0.1, 0.15) is 5.82 Å². The van der Waals surface area contributed by atoms with E-state index in [9.17, 15) is 9.18 Å². The Balaban J connectivity index is 0.00000450. The number of rotatable bonds is 10. The van der Waals surface area contributed by atoms with Gasteiger partial charge in [0.05, 0.1) is 6.54 Å². The second-order valence-corrected chi connectivity index (χ2v) is 7.51. The summed E-state index contributed by atoms with van der Waals surface area (Å²) >= 11 is 1.71. The highest BCUT2D eigenvalue weighted by molar-refractivity contribution is 14.0. The average Bonchev–Trinajstić information content (AvgIpc) is 2.73. The maximum atomic E-state index is 12.9. The fourth-order valence-electron chi connectivity index (χ4n) is 2.59. The molecule has 0 bridgehead atoms. The molecule has 0 saturated heterocycles. The van der Waals surface area contributed by atoms with Gasteiger partial charge >= 0.3 is 0 Å². The van der Waals surface area contributed by atoms with Crippen molar-refractivity contribution in [2.45, 2.75) is 31.7 Å². The minimum atomic E-state index is -0.209. The number of aliphatic imine (C=N–C) groups is 1. The molecular formula is C22H30FIN4OS. The van der Waals surface area contributed by atoms with Gasteiger partial charge in [-0.05, 0) is 68.0 Å². The van der Waals surface area contributed by atoms with Gasteiger partial charge < -0.3 is 16.0 Å². The summed E-state index contributed by atoms with van der Waals surface area (Å²) < 4.78 is 12.9. The molecule has 0 fully saturated rings. The topological polar surface area (TPSA) is 65.5 Å². The fourth-order valence-corrected chi connectivity index (χ4v) is 3.44. The van der Waals surface area contributed by atoms with E-state index in [1.807, 2.05) is 32.0 Å². The van der Waals surface area contributed by atoms with Crippen LogP contribution < -0.4 is 16.0 Å². The highest BCUT2D eigenvalue weighted by Crippen LogP contribution is 2.18. The smallest absolute Gasteiger partial charge is 0.251 e. The van der Waals surface area contributed by atoms with Gasteiger partial charge in [0.2, 0.25) is 0 Å². The first-order valence-electron chi connectivity index (χ1n) is 9.90. The molecule has 164 valence electrons. The second kappa shape index (κ2) is 15.1. The molecule has 0 heterocycles. The van der Waals surface area contributed by atoms with Crippen molar-refractivity contribution in [1.82, 2.24) is 16.0 Å². The third-order valence-corrected chi connectivity index (χ3v) is 5.08. The van der Waals surface area contributed by atoms with Crippen LogP contribution in [0.4, 0.5) is 4.39 Å². The monoisotopic (exact) mass is 544 g/mol. The number of amides is 1. The van der Waals surface area contributed by atoms with Crippen molar-refractivity contribution in [3.05, 3.63) is 65.5 Å². The minimum absolute atomic E-state index is 0. The number of carbonyl (C=O) groups excluding carboxylic acids is 1. The van der Waals surface area contributed by atoms with Gasteiger partial charge in [-0.25, -0.2) is 9.38 Å². The molecule has 0 aliphatic rings. The quantitative estimate of drug-likeness (QED) is 0.136. The molecule has 3 N–H and O–H groups in total. The van der Waals surface area contributed by atoms with Crippen molar-refractivity contribution in [3.8, 4) is 0 Å². The predicted molar refractivity (Wildman–Crippen MR) is 134 cm³/mol. The summed E-state index contributed by atoms with van der Waals surface area (Å²) in [6, 6.07) is 14.1. The first-order valence-corrected chi connectivity index (χ1v) is 10.9. The summed E-state index contributed by atoms with van der Waals surface area (Å²) in [7, 11) is 0. The molecule has 0 aliphatic heterocycles. The molecule has 0 spiro atoms. The zero-order valence-corrected chi connectivity index (χ0v) is 20.6. The van der Waals surface area contributed by atoms with Crippen molar-refractivity contribution in [2.75, 3.05) is 25.4 Å². The Bertz CT molecular complexity index is 802. The highest BCUT2D eigenvalue weighted by atomic mass is 127. The van der Waals surface area contributed by atoms with Gasteiger partial charge in [0.15, 0.2) is 5.96 Å². The first-order chi connectivity index (χ1) is 14.1. The molecule has 0 unspecified atom stereocenters. The van der Waals surface area contributed by atoms with Gasteiger partial charge in [-0.15, -0.1) is 35.7 Å². The molecule has 5 nitrogen and oxygen atoms in total. The van der Waals surface area contributed by atoms with E-state index < -0.39 is 0 Å². The number of benzene rings is 2. The summed E-state index contributed by atoms with van der Waals surface area (Å²) in [5, 5.41) is 9.38. The van der Waals surface area contributed by atoms with E-state index in [-0.39, 0.29) is 35.7 Å². The summed E-state index contributed by atoms with van der Waals surface area (Å²) in [4.78, 5) is 17.6. The molecule has 2 aromatic rings. The Morgan fingerprint density at radius 2 is 1.77 bits per heavy atom. The van der Waals surface area contributed by atoms with Crippen LogP contribution in [0.2, 0.25) is 0 Å². The van der Waals surface area contributed by atoms with E-state index in [0.717, 1.165) is 41.7 Å². The summed E-state index contributed by atoms with van der Waals surface area (Å²) in [6.45, 7) is 6.59. The number of nitrogens with zero attached hydrogens (tertiary/aromatic N) is 1. The molecule has 30 heavy (non-hydrogen) atoms. The van der Waals surface area contributed by atoms with Crippen LogP contribution in [0.5, 0.6) is 0 Å². The first kappa shape index (κ1) is 26.2. The molecule has 2 aromatic carbocycles. The molecular weight excluding hydrogens is 514 g/mol. The van der Waals surface area contributed by atoms with Gasteiger partial charge in [-0.1, -0.05) is 12.1 Å². The molecule has 0 radical (unpaired) electrons. The Labute approximate surface area is 199 Å². The molecule has 8 heteroatoms. The summed E-state index contributed by atoms with van der Waals surface area (Å²) in [5.41, 5.74) is 1.63. The Morgan fingerprint density at radius 1 is 1.03 bits per heavy atom. The van der Waals surface area contributed by atoms with Crippen LogP contribution in [0.3, 0.4) is 0 Å². The van der Waals surface area contributed by atoms with Crippen LogP contribution in [-0.2, 0) is 6.54 Å². The van der Waals surface area contributed by atoms with Crippen LogP contribution in [0.25, 0.3) is 0 Å². The number of carbonyl (C=O) groups is 1. The third-order valence-electron chi connectivity index (χ3n) is 3.99. The lowest BCUT2D eigenvalue weighted by Crippen LogP contribution is -2.37. The number of nitrogens with one attached hydrogen (secondary N) is 3. The standard InChI is InChI=1S/C22H29FN4OS.HI/c1-3-24-21(28)18-8-5-7-17(15-18)16-27-22(25-4-2)26-13-6-14-29-20-11-9-19(23)10-12-20;/h5,7-12,15H,3-4,6,13-14,16H2,1-2H3,(H,24,28)(H2,25,26,27);1H.